The molecule has 0 aliphatic carbocycles. The maximum absolute atomic E-state index is 12.8. The summed E-state index contributed by atoms with van der Waals surface area (Å²) in [6.45, 7) is 5.36. The molecular weight excluding hydrogens is 299 g/mol. The topological polar surface area (TPSA) is 61.8 Å². The molecule has 2 N–H and O–H groups in total. The Balaban J connectivity index is 1.70. The average molecular weight is 324 g/mol. The SMILES string of the molecule is CC(CNC(=O)N1CCC(C(C)O)CC1)Oc1ccc(F)cc1. The maximum Gasteiger partial charge on any atom is 0.317 e. The second kappa shape index (κ2) is 8.15. The summed E-state index contributed by atoms with van der Waals surface area (Å²) in [4.78, 5) is 13.9. The van der Waals surface area contributed by atoms with Gasteiger partial charge in [0.05, 0.1) is 12.6 Å². The van der Waals surface area contributed by atoms with Crippen molar-refractivity contribution in [1.29, 1.82) is 0 Å². The van der Waals surface area contributed by atoms with E-state index >= 15 is 0 Å². The molecule has 0 saturated carbocycles. The van der Waals surface area contributed by atoms with Crippen molar-refractivity contribution in [3.05, 3.63) is 30.1 Å². The molecule has 1 aliphatic heterocycles. The number of hydrogen-bond acceptors (Lipinski definition) is 3. The molecule has 0 bridgehead atoms. The third kappa shape index (κ3) is 5.39. The Bertz CT molecular complexity index is 499. The third-order valence-electron chi connectivity index (χ3n) is 4.20. The van der Waals surface area contributed by atoms with Gasteiger partial charge in [0, 0.05) is 13.1 Å². The van der Waals surface area contributed by atoms with Crippen molar-refractivity contribution >= 4 is 6.03 Å². The number of rotatable bonds is 5. The van der Waals surface area contributed by atoms with Crippen molar-refractivity contribution in [3.63, 3.8) is 0 Å². The monoisotopic (exact) mass is 324 g/mol. The fourth-order valence-corrected chi connectivity index (χ4v) is 2.71. The summed E-state index contributed by atoms with van der Waals surface area (Å²) in [5.41, 5.74) is 0. The van der Waals surface area contributed by atoms with Gasteiger partial charge < -0.3 is 20.1 Å². The van der Waals surface area contributed by atoms with Gasteiger partial charge in [0.15, 0.2) is 0 Å². The summed E-state index contributed by atoms with van der Waals surface area (Å²) in [6.07, 6.45) is 1.13. The number of benzene rings is 1. The number of aliphatic hydroxyl groups is 1. The van der Waals surface area contributed by atoms with E-state index in [1.54, 1.807) is 24.0 Å². The molecule has 128 valence electrons. The fourth-order valence-electron chi connectivity index (χ4n) is 2.71. The van der Waals surface area contributed by atoms with Gasteiger partial charge in [-0.25, -0.2) is 9.18 Å². The van der Waals surface area contributed by atoms with Gasteiger partial charge in [-0.05, 0) is 56.9 Å². The molecule has 1 aliphatic rings. The standard InChI is InChI=1S/C17H25FN2O3/c1-12(23-16-5-3-15(18)4-6-16)11-19-17(22)20-9-7-14(8-10-20)13(2)21/h3-6,12-14,21H,7-11H2,1-2H3,(H,19,22). The molecule has 2 unspecified atom stereocenters. The lowest BCUT2D eigenvalue weighted by atomic mass is 9.92. The number of aliphatic hydroxyl groups excluding tert-OH is 1. The normalized spacial score (nSPS) is 18.3. The molecule has 0 radical (unpaired) electrons. The first-order chi connectivity index (χ1) is 11.0. The maximum atomic E-state index is 12.8. The van der Waals surface area contributed by atoms with E-state index in [4.69, 9.17) is 4.74 Å². The highest BCUT2D eigenvalue weighted by molar-refractivity contribution is 5.74. The van der Waals surface area contributed by atoms with Crippen molar-refractivity contribution < 1.29 is 19.0 Å². The summed E-state index contributed by atoms with van der Waals surface area (Å²) in [5.74, 6) is 0.546. The van der Waals surface area contributed by atoms with Crippen molar-refractivity contribution in [1.82, 2.24) is 10.2 Å². The van der Waals surface area contributed by atoms with Gasteiger partial charge in [0.1, 0.15) is 17.7 Å². The lowest BCUT2D eigenvalue weighted by Gasteiger charge is -2.33. The van der Waals surface area contributed by atoms with Gasteiger partial charge in [0.2, 0.25) is 0 Å². The molecule has 1 aromatic carbocycles. The molecule has 6 heteroatoms. The first-order valence-electron chi connectivity index (χ1n) is 8.08. The van der Waals surface area contributed by atoms with Crippen LogP contribution in [-0.4, -0.2) is 47.9 Å². The second-order valence-electron chi connectivity index (χ2n) is 6.13. The zero-order chi connectivity index (χ0) is 16.8. The van der Waals surface area contributed by atoms with Crippen molar-refractivity contribution in [2.45, 2.75) is 38.9 Å². The molecular formula is C17H25FN2O3. The number of carbonyl (C=O) groups is 1. The van der Waals surface area contributed by atoms with E-state index in [9.17, 15) is 14.3 Å². The number of likely N-dealkylation sites (tertiary alicyclic amines) is 1. The smallest absolute Gasteiger partial charge is 0.317 e. The number of amides is 2. The molecule has 0 spiro atoms. The number of piperidine rings is 1. The number of nitrogens with one attached hydrogen (secondary N) is 1. The van der Waals surface area contributed by atoms with E-state index in [1.165, 1.54) is 12.1 Å². The zero-order valence-electron chi connectivity index (χ0n) is 13.7. The van der Waals surface area contributed by atoms with Crippen LogP contribution in [0.3, 0.4) is 0 Å². The van der Waals surface area contributed by atoms with Gasteiger partial charge in [-0.2, -0.15) is 0 Å². The summed E-state index contributed by atoms with van der Waals surface area (Å²) >= 11 is 0. The Kier molecular flexibility index (Phi) is 6.21. The fraction of sp³-hybridized carbons (Fsp3) is 0.588. The zero-order valence-corrected chi connectivity index (χ0v) is 13.7. The van der Waals surface area contributed by atoms with Crippen LogP contribution < -0.4 is 10.1 Å². The van der Waals surface area contributed by atoms with Crippen molar-refractivity contribution in [2.24, 2.45) is 5.92 Å². The minimum Gasteiger partial charge on any atom is -0.489 e. The van der Waals surface area contributed by atoms with Crippen LogP contribution in [0, 0.1) is 11.7 Å². The van der Waals surface area contributed by atoms with Crippen LogP contribution in [0.15, 0.2) is 24.3 Å². The van der Waals surface area contributed by atoms with Gasteiger partial charge in [-0.1, -0.05) is 0 Å². The molecule has 5 nitrogen and oxygen atoms in total. The highest BCUT2D eigenvalue weighted by Gasteiger charge is 2.25. The van der Waals surface area contributed by atoms with Crippen LogP contribution in [0.1, 0.15) is 26.7 Å². The third-order valence-corrected chi connectivity index (χ3v) is 4.20. The van der Waals surface area contributed by atoms with Gasteiger partial charge in [0.25, 0.3) is 0 Å². The molecule has 2 rings (SSSR count). The highest BCUT2D eigenvalue weighted by Crippen LogP contribution is 2.20. The van der Waals surface area contributed by atoms with E-state index in [1.807, 2.05) is 6.92 Å². The van der Waals surface area contributed by atoms with Gasteiger partial charge >= 0.3 is 6.03 Å². The van der Waals surface area contributed by atoms with Crippen LogP contribution in [0.5, 0.6) is 5.75 Å². The predicted octanol–water partition coefficient (Wildman–Crippen LogP) is 2.40. The van der Waals surface area contributed by atoms with Crippen LogP contribution in [0.4, 0.5) is 9.18 Å². The molecule has 1 saturated heterocycles. The van der Waals surface area contributed by atoms with Crippen LogP contribution in [-0.2, 0) is 0 Å². The van der Waals surface area contributed by atoms with Crippen LogP contribution in [0.2, 0.25) is 0 Å². The van der Waals surface area contributed by atoms with Gasteiger partial charge in [-0.3, -0.25) is 0 Å². The first kappa shape index (κ1) is 17.5. The largest absolute Gasteiger partial charge is 0.489 e. The van der Waals surface area contributed by atoms with E-state index in [-0.39, 0.29) is 30.0 Å². The molecule has 23 heavy (non-hydrogen) atoms. The quantitative estimate of drug-likeness (QED) is 0.874. The molecule has 1 heterocycles. The number of nitrogens with zero attached hydrogens (tertiary/aromatic N) is 1. The average Bonchev–Trinajstić information content (AvgIpc) is 2.55. The van der Waals surface area contributed by atoms with Gasteiger partial charge in [-0.15, -0.1) is 0 Å². The van der Waals surface area contributed by atoms with E-state index in [0.29, 0.717) is 25.4 Å². The van der Waals surface area contributed by atoms with Crippen molar-refractivity contribution in [3.8, 4) is 5.75 Å². The molecule has 2 atom stereocenters. The Morgan fingerprint density at radius 1 is 1.35 bits per heavy atom. The molecule has 2 amide bonds. The van der Waals surface area contributed by atoms with E-state index < -0.39 is 0 Å². The Hall–Kier alpha value is -1.82. The number of hydrogen-bond donors (Lipinski definition) is 2. The minimum absolute atomic E-state index is 0.108. The summed E-state index contributed by atoms with van der Waals surface area (Å²) < 4.78 is 18.5. The molecule has 1 aromatic rings. The lowest BCUT2D eigenvalue weighted by Crippen LogP contribution is -2.47. The number of urea groups is 1. The molecule has 1 fully saturated rings. The van der Waals surface area contributed by atoms with E-state index in [2.05, 4.69) is 5.32 Å². The van der Waals surface area contributed by atoms with Crippen molar-refractivity contribution in [2.75, 3.05) is 19.6 Å². The summed E-state index contributed by atoms with van der Waals surface area (Å²) in [5, 5.41) is 12.4. The Labute approximate surface area is 136 Å². The minimum atomic E-state index is -0.315. The molecule has 0 aromatic heterocycles. The lowest BCUT2D eigenvalue weighted by molar-refractivity contribution is 0.0793. The Morgan fingerprint density at radius 2 is 1.96 bits per heavy atom. The first-order valence-corrected chi connectivity index (χ1v) is 8.08. The predicted molar refractivity (Wildman–Crippen MR) is 85.9 cm³/mol. The van der Waals surface area contributed by atoms with Crippen LogP contribution in [0.25, 0.3) is 0 Å². The number of halogens is 1. The highest BCUT2D eigenvalue weighted by atomic mass is 19.1. The number of ether oxygens (including phenoxy) is 1. The summed E-state index contributed by atoms with van der Waals surface area (Å²) in [7, 11) is 0. The summed E-state index contributed by atoms with van der Waals surface area (Å²) in [6, 6.07) is 5.70. The number of carbonyl (C=O) groups excluding carboxylic acids is 1. The van der Waals surface area contributed by atoms with Crippen LogP contribution >= 0.6 is 0 Å². The Morgan fingerprint density at radius 3 is 2.52 bits per heavy atom. The van der Waals surface area contributed by atoms with E-state index in [0.717, 1.165) is 12.8 Å². The second-order valence-corrected chi connectivity index (χ2v) is 6.13.